The average Bonchev–Trinajstić information content (AvgIpc) is 3.36. The van der Waals surface area contributed by atoms with Crippen molar-refractivity contribution in [2.45, 2.75) is 25.4 Å². The van der Waals surface area contributed by atoms with Crippen molar-refractivity contribution in [1.82, 2.24) is 15.2 Å². The molecule has 27 heavy (non-hydrogen) atoms. The highest BCUT2D eigenvalue weighted by molar-refractivity contribution is 7.14. The summed E-state index contributed by atoms with van der Waals surface area (Å²) in [6.45, 7) is 2.88. The first-order valence-corrected chi connectivity index (χ1v) is 11.1. The summed E-state index contributed by atoms with van der Waals surface area (Å²) in [5.74, 6) is -0.0659. The first kappa shape index (κ1) is 18.6. The van der Waals surface area contributed by atoms with Gasteiger partial charge in [-0.3, -0.25) is 9.69 Å². The second-order valence-electron chi connectivity index (χ2n) is 6.70. The number of nitrogens with zero attached hydrogens (tertiary/aromatic N) is 2. The first-order valence-electron chi connectivity index (χ1n) is 8.93. The number of thiophene rings is 1. The van der Waals surface area contributed by atoms with Crippen molar-refractivity contribution in [3.63, 3.8) is 0 Å². The second kappa shape index (κ2) is 8.52. The van der Waals surface area contributed by atoms with E-state index in [1.807, 2.05) is 29.0 Å². The van der Waals surface area contributed by atoms with Crippen LogP contribution in [-0.2, 0) is 6.54 Å². The van der Waals surface area contributed by atoms with Crippen LogP contribution in [0, 0.1) is 0 Å². The van der Waals surface area contributed by atoms with Crippen molar-refractivity contribution < 1.29 is 4.79 Å². The van der Waals surface area contributed by atoms with E-state index in [0.29, 0.717) is 5.69 Å². The van der Waals surface area contributed by atoms with Crippen LogP contribution in [-0.4, -0.2) is 34.9 Å². The van der Waals surface area contributed by atoms with Crippen molar-refractivity contribution in [3.05, 3.63) is 62.8 Å². The molecule has 0 atom stereocenters. The Labute approximate surface area is 171 Å². The van der Waals surface area contributed by atoms with Gasteiger partial charge in [-0.15, -0.1) is 11.3 Å². The lowest BCUT2D eigenvalue weighted by molar-refractivity contribution is 0.0904. The van der Waals surface area contributed by atoms with Gasteiger partial charge in [0.2, 0.25) is 0 Å². The molecule has 2 aromatic heterocycles. The number of benzene rings is 1. The number of piperidine rings is 1. The van der Waals surface area contributed by atoms with Crippen LogP contribution in [0.3, 0.4) is 0 Å². The van der Waals surface area contributed by atoms with E-state index >= 15 is 0 Å². The third-order valence-electron chi connectivity index (χ3n) is 4.75. The fourth-order valence-corrected chi connectivity index (χ4v) is 4.88. The quantitative estimate of drug-likeness (QED) is 0.640. The van der Waals surface area contributed by atoms with Crippen molar-refractivity contribution in [1.29, 1.82) is 0 Å². The predicted molar refractivity (Wildman–Crippen MR) is 113 cm³/mol. The molecule has 0 radical (unpaired) electrons. The number of hydrogen-bond donors (Lipinski definition) is 1. The van der Waals surface area contributed by atoms with Gasteiger partial charge in [0.05, 0.1) is 0 Å². The number of thiazole rings is 1. The number of rotatable bonds is 5. The summed E-state index contributed by atoms with van der Waals surface area (Å²) in [5, 5.41) is 10.7. The number of carbonyl (C=O) groups is 1. The molecule has 1 aliphatic heterocycles. The molecule has 0 unspecified atom stereocenters. The maximum Gasteiger partial charge on any atom is 0.270 e. The molecule has 0 bridgehead atoms. The highest BCUT2D eigenvalue weighted by Crippen LogP contribution is 2.26. The molecule has 4 nitrogen and oxygen atoms in total. The summed E-state index contributed by atoms with van der Waals surface area (Å²) in [5.41, 5.74) is 2.87. The summed E-state index contributed by atoms with van der Waals surface area (Å²) in [7, 11) is 0. The SMILES string of the molecule is O=C(NC1CCN(Cc2ccc(Cl)cc2)CC1)c1csc(-c2ccsc2)n1. The molecule has 1 aliphatic rings. The lowest BCUT2D eigenvalue weighted by Gasteiger charge is -2.32. The summed E-state index contributed by atoms with van der Waals surface area (Å²) >= 11 is 9.10. The smallest absolute Gasteiger partial charge is 0.270 e. The number of likely N-dealkylation sites (tertiary alicyclic amines) is 1. The molecular formula is C20H20ClN3OS2. The highest BCUT2D eigenvalue weighted by Gasteiger charge is 2.22. The van der Waals surface area contributed by atoms with E-state index in [0.717, 1.165) is 48.1 Å². The normalized spacial score (nSPS) is 15.7. The van der Waals surface area contributed by atoms with Gasteiger partial charge in [-0.25, -0.2) is 4.98 Å². The van der Waals surface area contributed by atoms with Crippen LogP contribution in [0.1, 0.15) is 28.9 Å². The van der Waals surface area contributed by atoms with E-state index in [1.165, 1.54) is 16.9 Å². The predicted octanol–water partition coefficient (Wildman–Crippen LogP) is 4.92. The first-order chi connectivity index (χ1) is 13.2. The minimum Gasteiger partial charge on any atom is -0.348 e. The Morgan fingerprint density at radius 1 is 1.19 bits per heavy atom. The van der Waals surface area contributed by atoms with E-state index in [1.54, 1.807) is 11.3 Å². The number of halogens is 1. The maximum absolute atomic E-state index is 12.5. The topological polar surface area (TPSA) is 45.2 Å². The van der Waals surface area contributed by atoms with E-state index < -0.39 is 0 Å². The van der Waals surface area contributed by atoms with Gasteiger partial charge >= 0.3 is 0 Å². The monoisotopic (exact) mass is 417 g/mol. The number of carbonyl (C=O) groups excluding carboxylic acids is 1. The van der Waals surface area contributed by atoms with Crippen LogP contribution < -0.4 is 5.32 Å². The standard InChI is InChI=1S/C20H20ClN3OS2/c21-16-3-1-14(2-4-16)11-24-8-5-17(6-9-24)22-19(25)18-13-27-20(23-18)15-7-10-26-12-15/h1-4,7,10,12-13,17H,5-6,8-9,11H2,(H,22,25). The van der Waals surface area contributed by atoms with Crippen LogP contribution in [0.2, 0.25) is 5.02 Å². The molecule has 1 fully saturated rings. The minimum absolute atomic E-state index is 0.0659. The Kier molecular flexibility index (Phi) is 5.88. The largest absolute Gasteiger partial charge is 0.348 e. The van der Waals surface area contributed by atoms with E-state index in [-0.39, 0.29) is 11.9 Å². The Hall–Kier alpha value is -1.73. The van der Waals surface area contributed by atoms with Gasteiger partial charge in [-0.2, -0.15) is 11.3 Å². The fourth-order valence-electron chi connectivity index (χ4n) is 3.24. The van der Waals surface area contributed by atoms with Crippen LogP contribution >= 0.6 is 34.3 Å². The van der Waals surface area contributed by atoms with Crippen molar-refractivity contribution in [2.24, 2.45) is 0 Å². The number of amides is 1. The molecule has 1 aromatic carbocycles. The van der Waals surface area contributed by atoms with Gasteiger partial charge in [0.1, 0.15) is 10.7 Å². The Morgan fingerprint density at radius 3 is 2.67 bits per heavy atom. The maximum atomic E-state index is 12.5. The summed E-state index contributed by atoms with van der Waals surface area (Å²) < 4.78 is 0. The summed E-state index contributed by atoms with van der Waals surface area (Å²) in [4.78, 5) is 19.4. The second-order valence-corrected chi connectivity index (χ2v) is 8.77. The Bertz CT molecular complexity index is 884. The molecular weight excluding hydrogens is 398 g/mol. The molecule has 0 spiro atoms. The van der Waals surface area contributed by atoms with Crippen molar-refractivity contribution in [3.8, 4) is 10.6 Å². The van der Waals surface area contributed by atoms with Gasteiger partial charge in [0.15, 0.2) is 0 Å². The van der Waals surface area contributed by atoms with E-state index in [2.05, 4.69) is 32.7 Å². The van der Waals surface area contributed by atoms with Gasteiger partial charge in [0, 0.05) is 47.0 Å². The summed E-state index contributed by atoms with van der Waals surface area (Å²) in [6.07, 6.45) is 1.92. The molecule has 3 aromatic rings. The van der Waals surface area contributed by atoms with Crippen molar-refractivity contribution >= 4 is 40.2 Å². The third kappa shape index (κ3) is 4.76. The molecule has 7 heteroatoms. The molecule has 1 N–H and O–H groups in total. The number of hydrogen-bond acceptors (Lipinski definition) is 5. The number of aromatic nitrogens is 1. The lowest BCUT2D eigenvalue weighted by Crippen LogP contribution is -2.44. The average molecular weight is 418 g/mol. The molecule has 140 valence electrons. The molecule has 0 aliphatic carbocycles. The van der Waals surface area contributed by atoms with E-state index in [4.69, 9.17) is 11.6 Å². The van der Waals surface area contributed by atoms with Gasteiger partial charge in [-0.05, 0) is 42.0 Å². The van der Waals surface area contributed by atoms with Gasteiger partial charge in [-0.1, -0.05) is 23.7 Å². The minimum atomic E-state index is -0.0659. The van der Waals surface area contributed by atoms with Gasteiger partial charge < -0.3 is 5.32 Å². The zero-order valence-electron chi connectivity index (χ0n) is 14.7. The third-order valence-corrected chi connectivity index (χ3v) is 6.57. The molecule has 4 rings (SSSR count). The Balaban J connectivity index is 1.27. The summed E-state index contributed by atoms with van der Waals surface area (Å²) in [6, 6.07) is 10.3. The van der Waals surface area contributed by atoms with Crippen molar-refractivity contribution in [2.75, 3.05) is 13.1 Å². The number of nitrogens with one attached hydrogen (secondary N) is 1. The molecule has 3 heterocycles. The fraction of sp³-hybridized carbons (Fsp3) is 0.300. The van der Waals surface area contributed by atoms with Crippen LogP contribution in [0.25, 0.3) is 10.6 Å². The van der Waals surface area contributed by atoms with Crippen LogP contribution in [0.4, 0.5) is 0 Å². The molecule has 1 amide bonds. The molecule has 1 saturated heterocycles. The van der Waals surface area contributed by atoms with Crippen LogP contribution in [0.15, 0.2) is 46.5 Å². The zero-order chi connectivity index (χ0) is 18.6. The molecule has 0 saturated carbocycles. The lowest BCUT2D eigenvalue weighted by atomic mass is 10.0. The van der Waals surface area contributed by atoms with E-state index in [9.17, 15) is 4.79 Å². The highest BCUT2D eigenvalue weighted by atomic mass is 35.5. The van der Waals surface area contributed by atoms with Crippen LogP contribution in [0.5, 0.6) is 0 Å². The Morgan fingerprint density at radius 2 is 1.96 bits per heavy atom. The zero-order valence-corrected chi connectivity index (χ0v) is 17.1. The van der Waals surface area contributed by atoms with Gasteiger partial charge in [0.25, 0.3) is 5.91 Å².